The van der Waals surface area contributed by atoms with Crippen LogP contribution in [0.25, 0.3) is 10.8 Å². The minimum absolute atomic E-state index is 0.0733. The number of nitrogens with two attached hydrogens (primary N) is 1. The number of rotatable bonds is 3. The molecular formula is C17H13BrN2S. The molecule has 0 heterocycles. The van der Waals surface area contributed by atoms with Crippen molar-refractivity contribution in [3.8, 4) is 0 Å². The van der Waals surface area contributed by atoms with Crippen molar-refractivity contribution in [2.45, 2.75) is 9.79 Å². The van der Waals surface area contributed by atoms with Crippen molar-refractivity contribution >= 4 is 44.3 Å². The van der Waals surface area contributed by atoms with Crippen molar-refractivity contribution in [2.24, 2.45) is 5.73 Å². The summed E-state index contributed by atoms with van der Waals surface area (Å²) in [6.45, 7) is 0. The lowest BCUT2D eigenvalue weighted by Crippen LogP contribution is -2.11. The average molecular weight is 357 g/mol. The van der Waals surface area contributed by atoms with E-state index >= 15 is 0 Å². The first-order valence-electron chi connectivity index (χ1n) is 6.44. The average Bonchev–Trinajstić information content (AvgIpc) is 2.47. The Morgan fingerprint density at radius 3 is 2.29 bits per heavy atom. The van der Waals surface area contributed by atoms with E-state index in [1.807, 2.05) is 24.3 Å². The first kappa shape index (κ1) is 14.2. The molecule has 0 aliphatic rings. The molecule has 3 N–H and O–H groups in total. The van der Waals surface area contributed by atoms with E-state index in [2.05, 4.69) is 52.3 Å². The van der Waals surface area contributed by atoms with Gasteiger partial charge in [0.1, 0.15) is 5.84 Å². The van der Waals surface area contributed by atoms with Gasteiger partial charge in [-0.05, 0) is 57.0 Å². The number of benzene rings is 3. The van der Waals surface area contributed by atoms with E-state index in [1.54, 1.807) is 11.8 Å². The molecule has 0 saturated carbocycles. The fraction of sp³-hybridized carbons (Fsp3) is 0. The first-order chi connectivity index (χ1) is 10.1. The van der Waals surface area contributed by atoms with E-state index < -0.39 is 0 Å². The molecule has 0 saturated heterocycles. The molecule has 0 atom stereocenters. The number of nitrogen functional groups attached to an aromatic ring is 1. The minimum atomic E-state index is 0.0733. The number of halogens is 1. The van der Waals surface area contributed by atoms with Gasteiger partial charge in [-0.25, -0.2) is 0 Å². The lowest BCUT2D eigenvalue weighted by atomic mass is 10.1. The summed E-state index contributed by atoms with van der Waals surface area (Å²) in [4.78, 5) is 2.30. The van der Waals surface area contributed by atoms with Crippen LogP contribution in [0.3, 0.4) is 0 Å². The van der Waals surface area contributed by atoms with Crippen LogP contribution in [0.4, 0.5) is 0 Å². The van der Waals surface area contributed by atoms with E-state index in [1.165, 1.54) is 15.7 Å². The number of fused-ring (bicyclic) bond motifs is 1. The Hall–Kier alpha value is -1.78. The third kappa shape index (κ3) is 3.12. The van der Waals surface area contributed by atoms with Gasteiger partial charge >= 0.3 is 0 Å². The van der Waals surface area contributed by atoms with E-state index in [4.69, 9.17) is 11.1 Å². The van der Waals surface area contributed by atoms with Crippen molar-refractivity contribution in [1.29, 1.82) is 5.41 Å². The Morgan fingerprint density at radius 1 is 0.905 bits per heavy atom. The summed E-state index contributed by atoms with van der Waals surface area (Å²) in [6, 6.07) is 20.6. The van der Waals surface area contributed by atoms with Gasteiger partial charge in [0.25, 0.3) is 0 Å². The highest BCUT2D eigenvalue weighted by Gasteiger charge is 2.05. The normalized spacial score (nSPS) is 10.7. The Balaban J connectivity index is 1.91. The molecule has 21 heavy (non-hydrogen) atoms. The maximum absolute atomic E-state index is 7.50. The topological polar surface area (TPSA) is 49.9 Å². The minimum Gasteiger partial charge on any atom is -0.384 e. The zero-order valence-electron chi connectivity index (χ0n) is 11.1. The van der Waals surface area contributed by atoms with Crippen molar-refractivity contribution in [3.63, 3.8) is 0 Å². The Bertz CT molecular complexity index is 830. The van der Waals surface area contributed by atoms with Crippen LogP contribution in [0.15, 0.2) is 74.9 Å². The van der Waals surface area contributed by atoms with Gasteiger partial charge in [0, 0.05) is 19.8 Å². The molecule has 4 heteroatoms. The largest absolute Gasteiger partial charge is 0.384 e. The molecule has 0 fully saturated rings. The summed E-state index contributed by atoms with van der Waals surface area (Å²) in [5, 5.41) is 9.98. The van der Waals surface area contributed by atoms with Gasteiger partial charge in [0.05, 0.1) is 0 Å². The molecule has 0 amide bonds. The highest BCUT2D eigenvalue weighted by Crippen LogP contribution is 2.32. The predicted octanol–water partition coefficient (Wildman–Crippen LogP) is 5.04. The standard InChI is InChI=1S/C17H13BrN2S/c18-16-10-14(7-8-15(16)17(19)20)21-13-6-5-11-3-1-2-4-12(11)9-13/h1-10H,(H3,19,20). The number of hydrogen-bond donors (Lipinski definition) is 2. The number of hydrogen-bond acceptors (Lipinski definition) is 2. The molecular weight excluding hydrogens is 344 g/mol. The molecule has 0 unspecified atom stereocenters. The Kier molecular flexibility index (Phi) is 3.99. The second kappa shape index (κ2) is 5.92. The van der Waals surface area contributed by atoms with E-state index in [0.29, 0.717) is 0 Å². The molecule has 104 valence electrons. The summed E-state index contributed by atoms with van der Waals surface area (Å²) in [6.07, 6.45) is 0. The van der Waals surface area contributed by atoms with Gasteiger partial charge in [-0.15, -0.1) is 0 Å². The zero-order valence-corrected chi connectivity index (χ0v) is 13.5. The molecule has 3 aromatic rings. The van der Waals surface area contributed by atoms with Crippen LogP contribution in [0.2, 0.25) is 0 Å². The number of amidine groups is 1. The van der Waals surface area contributed by atoms with Gasteiger partial charge in [0.2, 0.25) is 0 Å². The van der Waals surface area contributed by atoms with Crippen molar-refractivity contribution in [3.05, 3.63) is 70.7 Å². The van der Waals surface area contributed by atoms with E-state index in [9.17, 15) is 0 Å². The van der Waals surface area contributed by atoms with Gasteiger partial charge < -0.3 is 5.73 Å². The van der Waals surface area contributed by atoms with Gasteiger partial charge in [0.15, 0.2) is 0 Å². The smallest absolute Gasteiger partial charge is 0.123 e. The monoisotopic (exact) mass is 356 g/mol. The van der Waals surface area contributed by atoms with Crippen LogP contribution >= 0.6 is 27.7 Å². The molecule has 3 aromatic carbocycles. The van der Waals surface area contributed by atoms with Crippen LogP contribution < -0.4 is 5.73 Å². The van der Waals surface area contributed by atoms with Crippen LogP contribution in [-0.4, -0.2) is 5.84 Å². The highest BCUT2D eigenvalue weighted by molar-refractivity contribution is 9.10. The quantitative estimate of drug-likeness (QED) is 0.510. The summed E-state index contributed by atoms with van der Waals surface area (Å²) >= 11 is 5.16. The Morgan fingerprint density at radius 2 is 1.57 bits per heavy atom. The van der Waals surface area contributed by atoms with Crippen LogP contribution in [0, 0.1) is 5.41 Å². The lowest BCUT2D eigenvalue weighted by Gasteiger charge is -2.07. The predicted molar refractivity (Wildman–Crippen MR) is 93.2 cm³/mol. The second-order valence-corrected chi connectivity index (χ2v) is 6.67. The van der Waals surface area contributed by atoms with Gasteiger partial charge in [-0.3, -0.25) is 5.41 Å². The van der Waals surface area contributed by atoms with Crippen LogP contribution in [0.5, 0.6) is 0 Å². The maximum atomic E-state index is 7.50. The summed E-state index contributed by atoms with van der Waals surface area (Å²) < 4.78 is 0.848. The molecule has 0 spiro atoms. The van der Waals surface area contributed by atoms with Crippen LogP contribution in [-0.2, 0) is 0 Å². The third-order valence-electron chi connectivity index (χ3n) is 3.19. The van der Waals surface area contributed by atoms with Gasteiger partial charge in [-0.1, -0.05) is 42.1 Å². The summed E-state index contributed by atoms with van der Waals surface area (Å²) in [5.41, 5.74) is 6.25. The fourth-order valence-electron chi connectivity index (χ4n) is 2.14. The molecule has 0 bridgehead atoms. The van der Waals surface area contributed by atoms with Gasteiger partial charge in [-0.2, -0.15) is 0 Å². The van der Waals surface area contributed by atoms with Crippen molar-refractivity contribution < 1.29 is 0 Å². The molecule has 3 rings (SSSR count). The van der Waals surface area contributed by atoms with Crippen molar-refractivity contribution in [2.75, 3.05) is 0 Å². The molecule has 0 aromatic heterocycles. The molecule has 2 nitrogen and oxygen atoms in total. The molecule has 0 aliphatic heterocycles. The summed E-state index contributed by atoms with van der Waals surface area (Å²) in [7, 11) is 0. The van der Waals surface area contributed by atoms with Crippen molar-refractivity contribution in [1.82, 2.24) is 0 Å². The highest BCUT2D eigenvalue weighted by atomic mass is 79.9. The third-order valence-corrected chi connectivity index (χ3v) is 4.82. The van der Waals surface area contributed by atoms with Crippen LogP contribution in [0.1, 0.15) is 5.56 Å². The van der Waals surface area contributed by atoms with E-state index in [0.717, 1.165) is 14.9 Å². The number of nitrogens with one attached hydrogen (secondary N) is 1. The summed E-state index contributed by atoms with van der Waals surface area (Å²) in [5.74, 6) is 0.0733. The second-order valence-electron chi connectivity index (χ2n) is 4.67. The SMILES string of the molecule is N=C(N)c1ccc(Sc2ccc3ccccc3c2)cc1Br. The van der Waals surface area contributed by atoms with E-state index in [-0.39, 0.29) is 5.84 Å². The molecule has 0 radical (unpaired) electrons. The lowest BCUT2D eigenvalue weighted by molar-refractivity contribution is 1.35. The molecule has 0 aliphatic carbocycles. The first-order valence-corrected chi connectivity index (χ1v) is 8.05. The zero-order chi connectivity index (χ0) is 14.8. The fourth-order valence-corrected chi connectivity index (χ4v) is 3.80. The Labute approximate surface area is 136 Å². The maximum Gasteiger partial charge on any atom is 0.123 e.